The maximum atomic E-state index is 12.4. The molecule has 1 aromatic carbocycles. The number of benzene rings is 1. The third kappa shape index (κ3) is 3.39. The summed E-state index contributed by atoms with van der Waals surface area (Å²) in [4.78, 5) is 0. The fourth-order valence-corrected chi connectivity index (χ4v) is 2.43. The molecular formula is C13H17ClF3N. The molecule has 0 saturated carbocycles. The summed E-state index contributed by atoms with van der Waals surface area (Å²) in [6, 6.07) is 5.61. The Morgan fingerprint density at radius 1 is 1.17 bits per heavy atom. The first-order valence-electron chi connectivity index (χ1n) is 5.86. The van der Waals surface area contributed by atoms with Crippen molar-refractivity contribution in [1.29, 1.82) is 0 Å². The number of hydrogen-bond acceptors (Lipinski definition) is 1. The van der Waals surface area contributed by atoms with Crippen molar-refractivity contribution in [3.63, 3.8) is 0 Å². The molecule has 2 atom stereocenters. The van der Waals surface area contributed by atoms with Crippen molar-refractivity contribution in [3.05, 3.63) is 35.4 Å². The lowest BCUT2D eigenvalue weighted by atomic mass is 9.82. The highest BCUT2D eigenvalue weighted by molar-refractivity contribution is 5.85. The highest BCUT2D eigenvalue weighted by Crippen LogP contribution is 2.33. The van der Waals surface area contributed by atoms with Gasteiger partial charge in [0.2, 0.25) is 0 Å². The van der Waals surface area contributed by atoms with Crippen LogP contribution in [0.3, 0.4) is 0 Å². The van der Waals surface area contributed by atoms with E-state index in [2.05, 4.69) is 12.2 Å². The van der Waals surface area contributed by atoms with E-state index in [1.807, 2.05) is 0 Å². The lowest BCUT2D eigenvalue weighted by Gasteiger charge is -2.30. The molecule has 1 fully saturated rings. The number of rotatable bonds is 1. The van der Waals surface area contributed by atoms with Gasteiger partial charge in [-0.15, -0.1) is 12.4 Å². The molecule has 2 unspecified atom stereocenters. The van der Waals surface area contributed by atoms with Crippen molar-refractivity contribution in [2.45, 2.75) is 25.4 Å². The lowest BCUT2D eigenvalue weighted by Crippen LogP contribution is -2.33. The number of nitrogens with one attached hydrogen (secondary N) is 1. The molecule has 0 bridgehead atoms. The van der Waals surface area contributed by atoms with Gasteiger partial charge in [0.1, 0.15) is 0 Å². The van der Waals surface area contributed by atoms with Crippen molar-refractivity contribution >= 4 is 12.4 Å². The van der Waals surface area contributed by atoms with Crippen LogP contribution in [-0.4, -0.2) is 13.1 Å². The number of alkyl halides is 3. The largest absolute Gasteiger partial charge is 0.416 e. The Morgan fingerprint density at radius 2 is 1.78 bits per heavy atom. The Bertz CT molecular complexity index is 375. The van der Waals surface area contributed by atoms with Gasteiger partial charge in [-0.2, -0.15) is 13.2 Å². The van der Waals surface area contributed by atoms with Gasteiger partial charge >= 0.3 is 6.18 Å². The maximum absolute atomic E-state index is 12.4. The molecule has 0 spiro atoms. The third-order valence-electron chi connectivity index (χ3n) is 3.45. The molecule has 0 radical (unpaired) electrons. The number of hydrogen-bond donors (Lipinski definition) is 1. The van der Waals surface area contributed by atoms with E-state index in [4.69, 9.17) is 0 Å². The second-order valence-electron chi connectivity index (χ2n) is 4.70. The van der Waals surface area contributed by atoms with Gasteiger partial charge in [0, 0.05) is 0 Å². The summed E-state index contributed by atoms with van der Waals surface area (Å²) in [6.45, 7) is 4.01. The molecule has 1 aliphatic rings. The van der Waals surface area contributed by atoms with Crippen LogP contribution in [0, 0.1) is 5.92 Å². The van der Waals surface area contributed by atoms with Crippen LogP contribution in [0.15, 0.2) is 24.3 Å². The summed E-state index contributed by atoms with van der Waals surface area (Å²) in [5, 5.41) is 3.29. The van der Waals surface area contributed by atoms with Gasteiger partial charge in [-0.3, -0.25) is 0 Å². The second-order valence-corrected chi connectivity index (χ2v) is 4.70. The molecule has 18 heavy (non-hydrogen) atoms. The van der Waals surface area contributed by atoms with Crippen LogP contribution < -0.4 is 5.32 Å². The van der Waals surface area contributed by atoms with Gasteiger partial charge in [0.25, 0.3) is 0 Å². The summed E-state index contributed by atoms with van der Waals surface area (Å²) in [5.41, 5.74) is 0.454. The van der Waals surface area contributed by atoms with Crippen molar-refractivity contribution in [2.24, 2.45) is 5.92 Å². The van der Waals surface area contributed by atoms with Crippen molar-refractivity contribution in [2.75, 3.05) is 13.1 Å². The van der Waals surface area contributed by atoms with Crippen molar-refractivity contribution in [3.8, 4) is 0 Å². The summed E-state index contributed by atoms with van der Waals surface area (Å²) in [7, 11) is 0. The quantitative estimate of drug-likeness (QED) is 0.824. The minimum Gasteiger partial charge on any atom is -0.316 e. The first-order chi connectivity index (χ1) is 7.98. The van der Waals surface area contributed by atoms with E-state index in [1.54, 1.807) is 12.1 Å². The highest BCUT2D eigenvalue weighted by Gasteiger charge is 2.30. The molecule has 0 aromatic heterocycles. The molecule has 1 saturated heterocycles. The van der Waals surface area contributed by atoms with E-state index in [0.29, 0.717) is 11.8 Å². The molecular weight excluding hydrogens is 263 g/mol. The average molecular weight is 280 g/mol. The van der Waals surface area contributed by atoms with Crippen LogP contribution in [-0.2, 0) is 6.18 Å². The summed E-state index contributed by atoms with van der Waals surface area (Å²) in [6.07, 6.45) is -3.25. The Morgan fingerprint density at radius 3 is 2.28 bits per heavy atom. The molecule has 1 nitrogen and oxygen atoms in total. The minimum absolute atomic E-state index is 0. The zero-order valence-corrected chi connectivity index (χ0v) is 10.9. The van der Waals surface area contributed by atoms with E-state index in [-0.39, 0.29) is 12.4 Å². The van der Waals surface area contributed by atoms with Crippen LogP contribution in [0.2, 0.25) is 0 Å². The van der Waals surface area contributed by atoms with Gasteiger partial charge < -0.3 is 5.32 Å². The minimum atomic E-state index is -4.24. The second kappa shape index (κ2) is 5.93. The van der Waals surface area contributed by atoms with Crippen molar-refractivity contribution < 1.29 is 13.2 Å². The van der Waals surface area contributed by atoms with Gasteiger partial charge in [-0.1, -0.05) is 19.1 Å². The van der Waals surface area contributed by atoms with E-state index in [0.717, 1.165) is 25.1 Å². The SMILES string of the molecule is CC1CNCCC1c1ccc(C(F)(F)F)cc1.Cl. The molecule has 0 amide bonds. The molecule has 1 heterocycles. The maximum Gasteiger partial charge on any atom is 0.416 e. The predicted octanol–water partition coefficient (Wildman–Crippen LogP) is 3.84. The lowest BCUT2D eigenvalue weighted by molar-refractivity contribution is -0.137. The molecule has 5 heteroatoms. The van der Waals surface area contributed by atoms with Gasteiger partial charge in [-0.05, 0) is 49.0 Å². The smallest absolute Gasteiger partial charge is 0.316 e. The summed E-state index contributed by atoms with van der Waals surface area (Å²) < 4.78 is 37.3. The Hall–Kier alpha value is -0.740. The van der Waals surface area contributed by atoms with Crippen LogP contribution >= 0.6 is 12.4 Å². The first kappa shape index (κ1) is 15.3. The fourth-order valence-electron chi connectivity index (χ4n) is 2.43. The normalized spacial score (nSPS) is 24.4. The third-order valence-corrected chi connectivity index (χ3v) is 3.45. The Labute approximate surface area is 111 Å². The zero-order valence-electron chi connectivity index (χ0n) is 10.1. The monoisotopic (exact) mass is 279 g/mol. The van der Waals surface area contributed by atoms with Crippen LogP contribution in [0.4, 0.5) is 13.2 Å². The zero-order chi connectivity index (χ0) is 12.5. The standard InChI is InChI=1S/C13H16F3N.ClH/c1-9-8-17-7-6-12(9)10-2-4-11(5-3-10)13(14,15)16;/h2-5,9,12,17H,6-8H2,1H3;1H. The summed E-state index contributed by atoms with van der Waals surface area (Å²) >= 11 is 0. The van der Waals surface area contributed by atoms with Gasteiger partial charge in [0.05, 0.1) is 5.56 Å². The molecule has 2 rings (SSSR count). The molecule has 102 valence electrons. The number of piperidine rings is 1. The fraction of sp³-hybridized carbons (Fsp3) is 0.538. The van der Waals surface area contributed by atoms with E-state index in [1.165, 1.54) is 12.1 Å². The van der Waals surface area contributed by atoms with Gasteiger partial charge in [-0.25, -0.2) is 0 Å². The van der Waals surface area contributed by atoms with E-state index < -0.39 is 11.7 Å². The molecule has 1 aromatic rings. The van der Waals surface area contributed by atoms with E-state index >= 15 is 0 Å². The van der Waals surface area contributed by atoms with Crippen molar-refractivity contribution in [1.82, 2.24) is 5.32 Å². The van der Waals surface area contributed by atoms with Crippen LogP contribution in [0.25, 0.3) is 0 Å². The molecule has 1 aliphatic heterocycles. The molecule has 0 aliphatic carbocycles. The highest BCUT2D eigenvalue weighted by atomic mass is 35.5. The van der Waals surface area contributed by atoms with Crippen LogP contribution in [0.5, 0.6) is 0 Å². The molecule has 1 N–H and O–H groups in total. The van der Waals surface area contributed by atoms with Gasteiger partial charge in [0.15, 0.2) is 0 Å². The average Bonchev–Trinajstić information content (AvgIpc) is 2.29. The number of halogens is 4. The first-order valence-corrected chi connectivity index (χ1v) is 5.86. The van der Waals surface area contributed by atoms with Crippen LogP contribution in [0.1, 0.15) is 30.4 Å². The summed E-state index contributed by atoms with van der Waals surface area (Å²) in [5.74, 6) is 0.846. The Balaban J connectivity index is 0.00000162. The topological polar surface area (TPSA) is 12.0 Å². The Kier molecular flexibility index (Phi) is 5.05. The van der Waals surface area contributed by atoms with E-state index in [9.17, 15) is 13.2 Å². The predicted molar refractivity (Wildman–Crippen MR) is 68.1 cm³/mol.